The molecule has 2 aromatic carbocycles. The van der Waals surface area contributed by atoms with E-state index >= 15 is 0 Å². The Morgan fingerprint density at radius 1 is 1.00 bits per heavy atom. The number of nitrogen functional groups attached to an aromatic ring is 1. The molecule has 10 nitrogen and oxygen atoms in total. The Kier molecular flexibility index (Phi) is 12.3. The number of benzene rings is 2. The van der Waals surface area contributed by atoms with E-state index in [1.54, 1.807) is 24.3 Å². The predicted molar refractivity (Wildman–Crippen MR) is 148 cm³/mol. The zero-order chi connectivity index (χ0) is 28.1. The topological polar surface area (TPSA) is 167 Å². The zero-order valence-electron chi connectivity index (χ0n) is 22.0. The lowest BCUT2D eigenvalue weighted by atomic mass is 10.1. The number of rotatable bonds is 15. The van der Waals surface area contributed by atoms with Crippen LogP contribution in [0.2, 0.25) is 0 Å². The van der Waals surface area contributed by atoms with Crippen molar-refractivity contribution in [1.29, 1.82) is 5.41 Å². The number of nitrogens with one attached hydrogen (secondary N) is 4. The van der Waals surface area contributed by atoms with Crippen molar-refractivity contribution >= 4 is 35.6 Å². The average Bonchev–Trinajstić information content (AvgIpc) is 2.87. The van der Waals surface area contributed by atoms with Crippen LogP contribution in [0.3, 0.4) is 0 Å². The van der Waals surface area contributed by atoms with E-state index in [4.69, 9.17) is 21.0 Å². The average molecular weight is 544 g/mol. The van der Waals surface area contributed by atoms with Gasteiger partial charge in [0.2, 0.25) is 11.8 Å². The standard InChI is InChI=1S/C27H37N5O5S/c1-27(2,3)37-16-22(32-38-17-19-7-5-4-6-8-19)26(36)31-21(13-14-23(33)34)25(35)30-15-18-9-11-20(12-10-18)24(28)29/h4-12,21-22,32H,13-17H2,1-3H3,(H3,28,29)(H,30,35)(H,31,36)(H,33,34)/t21-,22+/m0/s1. The third-order valence-corrected chi connectivity index (χ3v) is 6.25. The highest BCUT2D eigenvalue weighted by atomic mass is 32.2. The van der Waals surface area contributed by atoms with E-state index in [2.05, 4.69) is 15.4 Å². The van der Waals surface area contributed by atoms with Crippen LogP contribution in [0, 0.1) is 5.41 Å². The summed E-state index contributed by atoms with van der Waals surface area (Å²) in [5, 5.41) is 22.1. The van der Waals surface area contributed by atoms with Crippen molar-refractivity contribution in [3.8, 4) is 0 Å². The van der Waals surface area contributed by atoms with Crippen LogP contribution in [0.15, 0.2) is 54.6 Å². The summed E-state index contributed by atoms with van der Waals surface area (Å²) in [6, 6.07) is 14.8. The number of carbonyl (C=O) groups is 3. The number of carboxylic acid groups (broad SMARTS) is 1. The molecule has 0 unspecified atom stereocenters. The third kappa shape index (κ3) is 11.8. The molecule has 206 valence electrons. The minimum atomic E-state index is -1.07. The molecule has 11 heteroatoms. The van der Waals surface area contributed by atoms with Gasteiger partial charge >= 0.3 is 5.97 Å². The fourth-order valence-electron chi connectivity index (χ4n) is 3.22. The molecule has 0 bridgehead atoms. The smallest absolute Gasteiger partial charge is 0.303 e. The van der Waals surface area contributed by atoms with Crippen molar-refractivity contribution in [3.63, 3.8) is 0 Å². The Morgan fingerprint density at radius 3 is 2.24 bits per heavy atom. The highest BCUT2D eigenvalue weighted by Gasteiger charge is 2.27. The summed E-state index contributed by atoms with van der Waals surface area (Å²) in [4.78, 5) is 37.4. The van der Waals surface area contributed by atoms with E-state index < -0.39 is 35.5 Å². The van der Waals surface area contributed by atoms with Crippen LogP contribution in [0.25, 0.3) is 0 Å². The van der Waals surface area contributed by atoms with E-state index in [0.29, 0.717) is 11.3 Å². The summed E-state index contributed by atoms with van der Waals surface area (Å²) in [5.41, 5.74) is 7.39. The molecule has 2 rings (SSSR count). The van der Waals surface area contributed by atoms with E-state index in [1.165, 1.54) is 11.9 Å². The van der Waals surface area contributed by atoms with Crippen LogP contribution in [-0.2, 0) is 31.4 Å². The predicted octanol–water partition coefficient (Wildman–Crippen LogP) is 2.56. The van der Waals surface area contributed by atoms with Crippen LogP contribution in [0.1, 0.15) is 50.3 Å². The van der Waals surface area contributed by atoms with Gasteiger partial charge in [-0.3, -0.25) is 19.8 Å². The van der Waals surface area contributed by atoms with Crippen LogP contribution >= 0.6 is 11.9 Å². The Labute approximate surface area is 227 Å². The zero-order valence-corrected chi connectivity index (χ0v) is 22.8. The molecule has 7 N–H and O–H groups in total. The summed E-state index contributed by atoms with van der Waals surface area (Å²) >= 11 is 1.35. The summed E-state index contributed by atoms with van der Waals surface area (Å²) in [6.07, 6.45) is -0.356. The van der Waals surface area contributed by atoms with Crippen LogP contribution in [0.5, 0.6) is 0 Å². The molecule has 0 aromatic heterocycles. The fraction of sp³-hybridized carbons (Fsp3) is 0.407. The summed E-state index contributed by atoms with van der Waals surface area (Å²) in [5.74, 6) is -1.47. The monoisotopic (exact) mass is 543 g/mol. The van der Waals surface area contributed by atoms with Crippen molar-refractivity contribution in [1.82, 2.24) is 15.4 Å². The van der Waals surface area contributed by atoms with Gasteiger partial charge in [-0.1, -0.05) is 66.5 Å². The SMILES string of the molecule is CC(C)(C)OC[C@@H](NSCc1ccccc1)C(=O)N[C@@H](CCC(=O)O)C(=O)NCc1ccc(C(=N)N)cc1. The maximum absolute atomic E-state index is 13.2. The fourth-order valence-corrected chi connectivity index (χ4v) is 4.04. The lowest BCUT2D eigenvalue weighted by Gasteiger charge is -2.26. The minimum absolute atomic E-state index is 0.0578. The highest BCUT2D eigenvalue weighted by Crippen LogP contribution is 2.13. The van der Waals surface area contributed by atoms with E-state index in [9.17, 15) is 14.4 Å². The van der Waals surface area contributed by atoms with Gasteiger partial charge in [-0.25, -0.2) is 4.72 Å². The molecule has 38 heavy (non-hydrogen) atoms. The summed E-state index contributed by atoms with van der Waals surface area (Å²) in [6.45, 7) is 5.87. The molecule has 0 aliphatic carbocycles. The van der Waals surface area contributed by atoms with Crippen LogP contribution in [0.4, 0.5) is 0 Å². The molecule has 2 amide bonds. The summed E-state index contributed by atoms with van der Waals surface area (Å²) in [7, 11) is 0. The van der Waals surface area contributed by atoms with Crippen LogP contribution < -0.4 is 21.1 Å². The largest absolute Gasteiger partial charge is 0.481 e. The van der Waals surface area contributed by atoms with E-state index in [1.807, 2.05) is 51.1 Å². The molecule has 0 aliphatic rings. The summed E-state index contributed by atoms with van der Waals surface area (Å²) < 4.78 is 8.96. The Morgan fingerprint density at radius 2 is 1.66 bits per heavy atom. The Balaban J connectivity index is 2.05. The Hall–Kier alpha value is -3.41. The number of amidine groups is 1. The number of carboxylic acids is 1. The first-order valence-corrected chi connectivity index (χ1v) is 13.2. The number of hydrogen-bond acceptors (Lipinski definition) is 7. The van der Waals surface area contributed by atoms with Gasteiger partial charge in [0.25, 0.3) is 0 Å². The quantitative estimate of drug-likeness (QED) is 0.113. The molecule has 0 heterocycles. The van der Waals surface area contributed by atoms with Crippen LogP contribution in [-0.4, -0.2) is 53.0 Å². The molecule has 0 fully saturated rings. The van der Waals surface area contributed by atoms with Gasteiger partial charge in [-0.2, -0.15) is 0 Å². The first-order valence-electron chi connectivity index (χ1n) is 12.2. The number of carbonyl (C=O) groups excluding carboxylic acids is 2. The molecular weight excluding hydrogens is 506 g/mol. The second-order valence-corrected chi connectivity index (χ2v) is 10.5. The van der Waals surface area contributed by atoms with Crippen molar-refractivity contribution in [2.24, 2.45) is 5.73 Å². The molecular formula is C27H37N5O5S. The molecule has 0 radical (unpaired) electrons. The van der Waals surface area contributed by atoms with Crippen molar-refractivity contribution in [3.05, 3.63) is 71.3 Å². The van der Waals surface area contributed by atoms with Gasteiger partial charge in [0.15, 0.2) is 0 Å². The maximum atomic E-state index is 13.2. The number of ether oxygens (including phenoxy) is 1. The van der Waals surface area contributed by atoms with Gasteiger partial charge in [0.1, 0.15) is 17.9 Å². The van der Waals surface area contributed by atoms with Crippen molar-refractivity contribution < 1.29 is 24.2 Å². The van der Waals surface area contributed by atoms with E-state index in [0.717, 1.165) is 11.1 Å². The third-order valence-electron chi connectivity index (χ3n) is 5.32. The second-order valence-electron chi connectivity index (χ2n) is 9.69. The molecule has 0 aliphatic heterocycles. The van der Waals surface area contributed by atoms with Gasteiger partial charge in [-0.15, -0.1) is 0 Å². The lowest BCUT2D eigenvalue weighted by Crippen LogP contribution is -2.53. The normalized spacial score (nSPS) is 12.8. The lowest BCUT2D eigenvalue weighted by molar-refractivity contribution is -0.138. The van der Waals surface area contributed by atoms with Gasteiger partial charge in [0, 0.05) is 24.3 Å². The molecule has 2 atom stereocenters. The molecule has 0 saturated carbocycles. The molecule has 0 spiro atoms. The number of amides is 2. The van der Waals surface area contributed by atoms with Crippen molar-refractivity contribution in [2.45, 2.75) is 63.6 Å². The second kappa shape index (κ2) is 15.1. The first kappa shape index (κ1) is 30.8. The van der Waals surface area contributed by atoms with E-state index in [-0.39, 0.29) is 31.8 Å². The van der Waals surface area contributed by atoms with Crippen molar-refractivity contribution in [2.75, 3.05) is 6.61 Å². The Bertz CT molecular complexity index is 1070. The highest BCUT2D eigenvalue weighted by molar-refractivity contribution is 7.96. The number of nitrogens with two attached hydrogens (primary N) is 1. The molecule has 2 aromatic rings. The number of hydrogen-bond donors (Lipinski definition) is 6. The minimum Gasteiger partial charge on any atom is -0.481 e. The molecule has 0 saturated heterocycles. The maximum Gasteiger partial charge on any atom is 0.303 e. The van der Waals surface area contributed by atoms with Gasteiger partial charge < -0.3 is 26.2 Å². The van der Waals surface area contributed by atoms with Gasteiger partial charge in [-0.05, 0) is 38.3 Å². The first-order chi connectivity index (χ1) is 17.9. The number of aliphatic carboxylic acids is 1. The van der Waals surface area contributed by atoms with Gasteiger partial charge in [0.05, 0.1) is 12.2 Å².